The summed E-state index contributed by atoms with van der Waals surface area (Å²) < 4.78 is 36.1. The van der Waals surface area contributed by atoms with Crippen molar-refractivity contribution in [3.63, 3.8) is 0 Å². The predicted octanol–water partition coefficient (Wildman–Crippen LogP) is 1.51. The number of halogens is 3. The van der Waals surface area contributed by atoms with Crippen molar-refractivity contribution in [1.82, 2.24) is 30.2 Å². The molecule has 0 bridgehead atoms. The fourth-order valence-electron chi connectivity index (χ4n) is 2.06. The monoisotopic (exact) mass is 351 g/mol. The van der Waals surface area contributed by atoms with Crippen molar-refractivity contribution in [3.8, 4) is 11.4 Å². The Labute approximate surface area is 138 Å². The number of nitrogens with one attached hydrogen (secondary N) is 3. The fourth-order valence-corrected chi connectivity index (χ4v) is 2.06. The van der Waals surface area contributed by atoms with Crippen LogP contribution in [-0.2, 0) is 4.79 Å². The van der Waals surface area contributed by atoms with Crippen LogP contribution in [0.25, 0.3) is 22.4 Å². The highest BCUT2D eigenvalue weighted by Gasteiger charge is 2.27. The Balaban J connectivity index is 1.69. The van der Waals surface area contributed by atoms with Gasteiger partial charge in [0.25, 0.3) is 0 Å². The summed E-state index contributed by atoms with van der Waals surface area (Å²) in [7, 11) is 0. The molecule has 11 heteroatoms. The second-order valence-electron chi connectivity index (χ2n) is 5.00. The van der Waals surface area contributed by atoms with Crippen molar-refractivity contribution in [2.45, 2.75) is 6.18 Å². The van der Waals surface area contributed by atoms with E-state index in [9.17, 15) is 18.0 Å². The average molecular weight is 351 g/mol. The van der Waals surface area contributed by atoms with Gasteiger partial charge in [0.1, 0.15) is 24.3 Å². The van der Waals surface area contributed by atoms with Crippen molar-refractivity contribution in [3.05, 3.63) is 31.0 Å². The molecule has 130 valence electrons. The van der Waals surface area contributed by atoms with Crippen LogP contribution in [0.2, 0.25) is 0 Å². The SMILES string of the molecule is O=C(CNc1ccnc(-c2c[nH]c3ncncc23)n1)NCC(F)(F)F. The molecule has 3 rings (SSSR count). The van der Waals surface area contributed by atoms with Crippen LogP contribution in [0.5, 0.6) is 0 Å². The molecule has 8 nitrogen and oxygen atoms in total. The van der Waals surface area contributed by atoms with Crippen LogP contribution in [0, 0.1) is 0 Å². The number of alkyl halides is 3. The first kappa shape index (κ1) is 16.6. The molecule has 25 heavy (non-hydrogen) atoms. The minimum Gasteiger partial charge on any atom is -0.361 e. The second kappa shape index (κ2) is 6.71. The highest BCUT2D eigenvalue weighted by Crippen LogP contribution is 2.24. The molecule has 3 N–H and O–H groups in total. The van der Waals surface area contributed by atoms with E-state index in [0.29, 0.717) is 22.9 Å². The van der Waals surface area contributed by atoms with Crippen LogP contribution in [0.3, 0.4) is 0 Å². The van der Waals surface area contributed by atoms with Gasteiger partial charge in [-0.1, -0.05) is 0 Å². The minimum atomic E-state index is -4.45. The van der Waals surface area contributed by atoms with Gasteiger partial charge < -0.3 is 15.6 Å². The van der Waals surface area contributed by atoms with Gasteiger partial charge in [0, 0.05) is 29.5 Å². The first-order valence-corrected chi connectivity index (χ1v) is 7.10. The van der Waals surface area contributed by atoms with Gasteiger partial charge in [0.15, 0.2) is 5.82 Å². The molecule has 0 unspecified atom stereocenters. The third kappa shape index (κ3) is 4.19. The molecule has 0 radical (unpaired) electrons. The molecule has 0 aliphatic heterocycles. The molecule has 0 fully saturated rings. The van der Waals surface area contributed by atoms with Crippen LogP contribution >= 0.6 is 0 Å². The molecule has 0 spiro atoms. The van der Waals surface area contributed by atoms with Crippen molar-refractivity contribution in [1.29, 1.82) is 0 Å². The number of amides is 1. The third-order valence-corrected chi connectivity index (χ3v) is 3.17. The zero-order chi connectivity index (χ0) is 17.9. The Bertz CT molecular complexity index is 893. The molecule has 0 saturated heterocycles. The van der Waals surface area contributed by atoms with Crippen molar-refractivity contribution < 1.29 is 18.0 Å². The van der Waals surface area contributed by atoms with Gasteiger partial charge in [0.2, 0.25) is 5.91 Å². The predicted molar refractivity (Wildman–Crippen MR) is 82.5 cm³/mol. The lowest BCUT2D eigenvalue weighted by Gasteiger charge is -2.09. The quantitative estimate of drug-likeness (QED) is 0.643. The summed E-state index contributed by atoms with van der Waals surface area (Å²) >= 11 is 0. The van der Waals surface area contributed by atoms with Gasteiger partial charge in [0.05, 0.1) is 6.54 Å². The van der Waals surface area contributed by atoms with Gasteiger partial charge in [-0.3, -0.25) is 4.79 Å². The van der Waals surface area contributed by atoms with E-state index in [4.69, 9.17) is 0 Å². The van der Waals surface area contributed by atoms with E-state index in [1.54, 1.807) is 17.7 Å². The molecular weight excluding hydrogens is 339 g/mol. The summed E-state index contributed by atoms with van der Waals surface area (Å²) in [5, 5.41) is 5.15. The molecule has 1 amide bonds. The lowest BCUT2D eigenvalue weighted by Crippen LogP contribution is -2.37. The summed E-state index contributed by atoms with van der Waals surface area (Å²) in [6.45, 7) is -1.72. The molecule has 0 atom stereocenters. The molecule has 3 heterocycles. The number of carbonyl (C=O) groups excluding carboxylic acids is 1. The van der Waals surface area contributed by atoms with Crippen molar-refractivity contribution >= 4 is 22.8 Å². The number of anilines is 1. The fraction of sp³-hybridized carbons (Fsp3) is 0.214. The Morgan fingerprint density at radius 3 is 2.92 bits per heavy atom. The maximum Gasteiger partial charge on any atom is 0.405 e. The van der Waals surface area contributed by atoms with E-state index in [0.717, 1.165) is 5.39 Å². The van der Waals surface area contributed by atoms with Crippen molar-refractivity contribution in [2.24, 2.45) is 0 Å². The van der Waals surface area contributed by atoms with E-state index in [2.05, 4.69) is 30.2 Å². The Morgan fingerprint density at radius 2 is 2.12 bits per heavy atom. The van der Waals surface area contributed by atoms with E-state index in [1.807, 2.05) is 0 Å². The topological polar surface area (TPSA) is 108 Å². The largest absolute Gasteiger partial charge is 0.405 e. The first-order valence-electron chi connectivity index (χ1n) is 7.10. The number of H-pyrrole nitrogens is 1. The van der Waals surface area contributed by atoms with Crippen molar-refractivity contribution in [2.75, 3.05) is 18.4 Å². The zero-order valence-corrected chi connectivity index (χ0v) is 12.6. The molecule has 3 aromatic heterocycles. The molecule has 0 aliphatic carbocycles. The van der Waals surface area contributed by atoms with E-state index >= 15 is 0 Å². The lowest BCUT2D eigenvalue weighted by molar-refractivity contribution is -0.137. The molecule has 0 aliphatic rings. The number of aromatic nitrogens is 5. The normalized spacial score (nSPS) is 11.5. The Kier molecular flexibility index (Phi) is 4.46. The zero-order valence-electron chi connectivity index (χ0n) is 12.6. The molecular formula is C14H12F3N7O. The van der Waals surface area contributed by atoms with Gasteiger partial charge in [-0.05, 0) is 6.07 Å². The third-order valence-electron chi connectivity index (χ3n) is 3.17. The summed E-state index contributed by atoms with van der Waals surface area (Å²) in [6, 6.07) is 1.51. The smallest absolute Gasteiger partial charge is 0.361 e. The second-order valence-corrected chi connectivity index (χ2v) is 5.00. The van der Waals surface area contributed by atoms with Gasteiger partial charge in [-0.15, -0.1) is 0 Å². The lowest BCUT2D eigenvalue weighted by atomic mass is 10.2. The van der Waals surface area contributed by atoms with Crippen LogP contribution in [0.4, 0.5) is 19.0 Å². The van der Waals surface area contributed by atoms with Crippen LogP contribution in [0.15, 0.2) is 31.0 Å². The standard InChI is InChI=1S/C14H12F3N7O/c15-14(16,17)6-22-11(25)5-20-10-1-2-19-13(24-10)9-4-21-12-8(9)3-18-7-23-12/h1-4,7H,5-6H2,(H,22,25)(H,18,21,23)(H,19,20,24). The number of hydrogen-bond donors (Lipinski definition) is 3. The summed E-state index contributed by atoms with van der Waals surface area (Å²) in [6.07, 6.45) is 1.72. The number of nitrogens with zero attached hydrogens (tertiary/aromatic N) is 4. The molecule has 0 saturated carbocycles. The number of carbonyl (C=O) groups is 1. The summed E-state index contributed by atoms with van der Waals surface area (Å²) in [5.74, 6) is -0.127. The maximum atomic E-state index is 12.0. The Hall–Kier alpha value is -3.24. The van der Waals surface area contributed by atoms with Gasteiger partial charge >= 0.3 is 6.18 Å². The van der Waals surface area contributed by atoms with Crippen LogP contribution in [0.1, 0.15) is 0 Å². The number of aromatic amines is 1. The van der Waals surface area contributed by atoms with Gasteiger partial charge in [-0.2, -0.15) is 13.2 Å². The molecule has 3 aromatic rings. The summed E-state index contributed by atoms with van der Waals surface area (Å²) in [5.41, 5.74) is 1.29. The van der Waals surface area contributed by atoms with E-state index in [1.165, 1.54) is 18.6 Å². The average Bonchev–Trinajstić information content (AvgIpc) is 3.02. The van der Waals surface area contributed by atoms with E-state index in [-0.39, 0.29) is 6.54 Å². The maximum absolute atomic E-state index is 12.0. The summed E-state index contributed by atoms with van der Waals surface area (Å²) in [4.78, 5) is 30.8. The van der Waals surface area contributed by atoms with Crippen LogP contribution in [-0.4, -0.2) is 50.1 Å². The molecule has 0 aromatic carbocycles. The number of fused-ring (bicyclic) bond motifs is 1. The minimum absolute atomic E-state index is 0.304. The van der Waals surface area contributed by atoms with Crippen LogP contribution < -0.4 is 10.6 Å². The highest BCUT2D eigenvalue weighted by atomic mass is 19.4. The highest BCUT2D eigenvalue weighted by molar-refractivity contribution is 5.91. The van der Waals surface area contributed by atoms with Gasteiger partial charge in [-0.25, -0.2) is 19.9 Å². The van der Waals surface area contributed by atoms with E-state index < -0.39 is 18.6 Å². The Morgan fingerprint density at radius 1 is 1.28 bits per heavy atom. The number of rotatable bonds is 5. The first-order chi connectivity index (χ1) is 11.9. The number of hydrogen-bond acceptors (Lipinski definition) is 6.